The summed E-state index contributed by atoms with van der Waals surface area (Å²) in [6.45, 7) is 7.06. The highest BCUT2D eigenvalue weighted by atomic mass is 16.6. The van der Waals surface area contributed by atoms with Gasteiger partial charge >= 0.3 is 11.9 Å². The molecule has 10 heteroatoms. The van der Waals surface area contributed by atoms with E-state index in [1.54, 1.807) is 21.1 Å². The number of rotatable bonds is 12. The van der Waals surface area contributed by atoms with E-state index in [0.717, 1.165) is 46.6 Å². The first-order valence-corrected chi connectivity index (χ1v) is 14.3. The van der Waals surface area contributed by atoms with Gasteiger partial charge in [-0.05, 0) is 93.0 Å². The summed E-state index contributed by atoms with van der Waals surface area (Å²) < 4.78 is 27.5. The van der Waals surface area contributed by atoms with E-state index in [1.807, 2.05) is 50.2 Å². The number of ether oxygens (including phenoxy) is 5. The Labute approximate surface area is 257 Å². The van der Waals surface area contributed by atoms with Crippen LogP contribution in [0.5, 0.6) is 23.0 Å². The van der Waals surface area contributed by atoms with Crippen molar-refractivity contribution in [2.75, 3.05) is 21.3 Å². The fraction of sp³-hybridized carbons (Fsp3) is 0.353. The van der Waals surface area contributed by atoms with Crippen molar-refractivity contribution in [2.24, 2.45) is 5.92 Å². The molecule has 0 saturated heterocycles. The highest BCUT2D eigenvalue weighted by Crippen LogP contribution is 2.36. The lowest BCUT2D eigenvalue weighted by Gasteiger charge is -2.19. The summed E-state index contributed by atoms with van der Waals surface area (Å²) in [5, 5.41) is 2.61. The lowest BCUT2D eigenvalue weighted by Crippen LogP contribution is -2.40. The molecule has 232 valence electrons. The van der Waals surface area contributed by atoms with Gasteiger partial charge < -0.3 is 29.0 Å². The maximum Gasteiger partial charge on any atom is 0.333 e. The van der Waals surface area contributed by atoms with Crippen LogP contribution in [-0.4, -0.2) is 50.2 Å². The second-order valence-corrected chi connectivity index (χ2v) is 10.7. The summed E-state index contributed by atoms with van der Waals surface area (Å²) in [5.41, 5.74) is 3.95. The Bertz CT molecular complexity index is 1540. The smallest absolute Gasteiger partial charge is 0.333 e. The average molecular weight is 603 g/mol. The van der Waals surface area contributed by atoms with E-state index in [2.05, 4.69) is 10.3 Å². The standard InChI is InChI=1S/C34H38N2O8/c1-19-16-24(10-12-26(19)40-5)30(25-11-13-27(41-6)20(2)17-25)22(4)43-34(39)21(3)36-33(38)31-32(28(42-7)14-15-35-31)44-29(37)18-23-8-9-23/h10-17,21,23H,8-9,18H2,1-7H3,(H,36,38)/t21-/m0/s1. The topological polar surface area (TPSA) is 122 Å². The lowest BCUT2D eigenvalue weighted by molar-refractivity contribution is -0.141. The van der Waals surface area contributed by atoms with Gasteiger partial charge in [0.15, 0.2) is 11.4 Å². The van der Waals surface area contributed by atoms with Gasteiger partial charge in [0, 0.05) is 24.3 Å². The molecule has 1 aliphatic carbocycles. The van der Waals surface area contributed by atoms with E-state index >= 15 is 0 Å². The highest BCUT2D eigenvalue weighted by molar-refractivity contribution is 5.99. The second-order valence-electron chi connectivity index (χ2n) is 10.7. The van der Waals surface area contributed by atoms with Crippen molar-refractivity contribution in [2.45, 2.75) is 53.0 Å². The summed E-state index contributed by atoms with van der Waals surface area (Å²) in [5.74, 6) is 0.277. The van der Waals surface area contributed by atoms with Crippen LogP contribution in [0.2, 0.25) is 0 Å². The molecule has 1 aliphatic rings. The SMILES string of the molecule is COc1ccc(C(=C(C)OC(=O)[C@H](C)NC(=O)c2nccc(OC)c2OC(=O)CC2CC2)c2ccc(OC)c(C)c2)cc1C. The van der Waals surface area contributed by atoms with Crippen LogP contribution in [0.4, 0.5) is 0 Å². The quantitative estimate of drug-likeness (QED) is 0.209. The fourth-order valence-corrected chi connectivity index (χ4v) is 4.82. The molecule has 1 atom stereocenters. The number of carbonyl (C=O) groups excluding carboxylic acids is 3. The molecule has 3 aromatic rings. The van der Waals surface area contributed by atoms with Crippen LogP contribution in [0.25, 0.3) is 5.57 Å². The Morgan fingerprint density at radius 3 is 1.95 bits per heavy atom. The zero-order valence-electron chi connectivity index (χ0n) is 26.1. The van der Waals surface area contributed by atoms with E-state index in [-0.39, 0.29) is 23.6 Å². The van der Waals surface area contributed by atoms with Gasteiger partial charge in [-0.3, -0.25) is 9.59 Å². The van der Waals surface area contributed by atoms with Crippen molar-refractivity contribution in [3.05, 3.63) is 82.4 Å². The number of esters is 2. The first kappa shape index (κ1) is 32.1. The Hall–Kier alpha value is -4.86. The number of methoxy groups -OCH3 is 3. The van der Waals surface area contributed by atoms with Gasteiger partial charge in [0.25, 0.3) is 5.91 Å². The number of nitrogens with one attached hydrogen (secondary N) is 1. The Kier molecular flexibility index (Phi) is 10.3. The number of nitrogens with zero attached hydrogens (tertiary/aromatic N) is 1. The van der Waals surface area contributed by atoms with Gasteiger partial charge in [-0.1, -0.05) is 12.1 Å². The molecule has 1 N–H and O–H groups in total. The molecule has 0 aliphatic heterocycles. The van der Waals surface area contributed by atoms with Crippen molar-refractivity contribution in [3.63, 3.8) is 0 Å². The normalized spacial score (nSPS) is 12.9. The molecule has 0 unspecified atom stereocenters. The van der Waals surface area contributed by atoms with Crippen LogP contribution in [0, 0.1) is 19.8 Å². The predicted molar refractivity (Wildman–Crippen MR) is 164 cm³/mol. The summed E-state index contributed by atoms with van der Waals surface area (Å²) in [4.78, 5) is 43.1. The number of carbonyl (C=O) groups is 3. The number of allylic oxidation sites excluding steroid dienone is 1. The van der Waals surface area contributed by atoms with Crippen LogP contribution in [0.1, 0.15) is 65.9 Å². The van der Waals surface area contributed by atoms with Crippen molar-refractivity contribution in [3.8, 4) is 23.0 Å². The monoisotopic (exact) mass is 602 g/mol. The zero-order chi connectivity index (χ0) is 32.0. The zero-order valence-corrected chi connectivity index (χ0v) is 26.1. The first-order chi connectivity index (χ1) is 21.1. The molecule has 1 saturated carbocycles. The summed E-state index contributed by atoms with van der Waals surface area (Å²) in [6, 6.07) is 11.8. The molecule has 1 aromatic heterocycles. The molecular formula is C34H38N2O8. The van der Waals surface area contributed by atoms with Gasteiger partial charge in [0.05, 0.1) is 21.3 Å². The van der Waals surface area contributed by atoms with Crippen LogP contribution < -0.4 is 24.3 Å². The van der Waals surface area contributed by atoms with Gasteiger partial charge in [0.1, 0.15) is 23.3 Å². The third kappa shape index (κ3) is 7.55. The summed E-state index contributed by atoms with van der Waals surface area (Å²) in [6.07, 6.45) is 3.55. The van der Waals surface area contributed by atoms with Crippen molar-refractivity contribution < 1.29 is 38.1 Å². The highest BCUT2D eigenvalue weighted by Gasteiger charge is 2.29. The fourth-order valence-electron chi connectivity index (χ4n) is 4.82. The maximum absolute atomic E-state index is 13.3. The molecule has 0 radical (unpaired) electrons. The number of amides is 1. The molecule has 0 spiro atoms. The van der Waals surface area contributed by atoms with E-state index in [1.165, 1.54) is 26.3 Å². The third-order valence-electron chi connectivity index (χ3n) is 7.35. The van der Waals surface area contributed by atoms with Crippen LogP contribution >= 0.6 is 0 Å². The molecule has 1 fully saturated rings. The number of benzene rings is 2. The van der Waals surface area contributed by atoms with Gasteiger partial charge in [-0.25, -0.2) is 9.78 Å². The van der Waals surface area contributed by atoms with E-state index in [4.69, 9.17) is 23.7 Å². The van der Waals surface area contributed by atoms with E-state index < -0.39 is 23.9 Å². The molecule has 1 amide bonds. The van der Waals surface area contributed by atoms with Crippen LogP contribution in [0.15, 0.2) is 54.4 Å². The number of aryl methyl sites for hydroxylation is 2. The first-order valence-electron chi connectivity index (χ1n) is 14.3. The Morgan fingerprint density at radius 1 is 0.886 bits per heavy atom. The minimum Gasteiger partial charge on any atom is -0.496 e. The third-order valence-corrected chi connectivity index (χ3v) is 7.35. The van der Waals surface area contributed by atoms with E-state index in [9.17, 15) is 14.4 Å². The summed E-state index contributed by atoms with van der Waals surface area (Å²) >= 11 is 0. The molecule has 0 bridgehead atoms. The van der Waals surface area contributed by atoms with Gasteiger partial charge in [-0.2, -0.15) is 0 Å². The van der Waals surface area contributed by atoms with Crippen molar-refractivity contribution >= 4 is 23.4 Å². The predicted octanol–water partition coefficient (Wildman–Crippen LogP) is 5.57. The van der Waals surface area contributed by atoms with Gasteiger partial charge in [0.2, 0.25) is 5.75 Å². The summed E-state index contributed by atoms with van der Waals surface area (Å²) in [7, 11) is 4.61. The molecule has 1 heterocycles. The second kappa shape index (κ2) is 14.1. The van der Waals surface area contributed by atoms with E-state index in [0.29, 0.717) is 17.3 Å². The number of hydrogen-bond donors (Lipinski definition) is 1. The lowest BCUT2D eigenvalue weighted by atomic mass is 9.94. The Balaban J connectivity index is 1.59. The molecule has 10 nitrogen and oxygen atoms in total. The van der Waals surface area contributed by atoms with Crippen LogP contribution in [-0.2, 0) is 14.3 Å². The van der Waals surface area contributed by atoms with Gasteiger partial charge in [-0.15, -0.1) is 0 Å². The number of pyridine rings is 1. The van der Waals surface area contributed by atoms with Crippen molar-refractivity contribution in [1.29, 1.82) is 0 Å². The van der Waals surface area contributed by atoms with Crippen LogP contribution in [0.3, 0.4) is 0 Å². The minimum absolute atomic E-state index is 0.0955. The largest absolute Gasteiger partial charge is 0.496 e. The van der Waals surface area contributed by atoms with Crippen molar-refractivity contribution in [1.82, 2.24) is 10.3 Å². The minimum atomic E-state index is -1.07. The number of aromatic nitrogens is 1. The Morgan fingerprint density at radius 2 is 1.45 bits per heavy atom. The molecule has 4 rings (SSSR count). The molecule has 44 heavy (non-hydrogen) atoms. The molecule has 2 aromatic carbocycles. The average Bonchev–Trinajstić information content (AvgIpc) is 3.81. The number of hydrogen-bond acceptors (Lipinski definition) is 9. The molecular weight excluding hydrogens is 564 g/mol. The maximum atomic E-state index is 13.3.